The third-order valence-corrected chi connectivity index (χ3v) is 2.90. The van der Waals surface area contributed by atoms with Crippen LogP contribution in [0, 0.1) is 11.6 Å². The average molecular weight is 268 g/mol. The third-order valence-electron chi connectivity index (χ3n) is 2.90. The highest BCUT2D eigenvalue weighted by atomic mass is 19.2. The topological polar surface area (TPSA) is 47.3 Å². The molecule has 19 heavy (non-hydrogen) atoms. The van der Waals surface area contributed by atoms with Crippen LogP contribution in [0.5, 0.6) is 5.75 Å². The maximum Gasteiger partial charge on any atom is 0.162 e. The molecule has 2 aromatic rings. The summed E-state index contributed by atoms with van der Waals surface area (Å²) in [6.45, 7) is 0. The van der Waals surface area contributed by atoms with Gasteiger partial charge in [0.15, 0.2) is 17.4 Å². The first kappa shape index (κ1) is 13.5. The van der Waals surface area contributed by atoms with Crippen LogP contribution in [-0.2, 0) is 13.5 Å². The summed E-state index contributed by atoms with van der Waals surface area (Å²) in [6.07, 6.45) is 0.726. The minimum atomic E-state index is -0.929. The fourth-order valence-corrected chi connectivity index (χ4v) is 1.95. The summed E-state index contributed by atoms with van der Waals surface area (Å²) in [5.41, 5.74) is 0.988. The van der Waals surface area contributed by atoms with Gasteiger partial charge in [-0.2, -0.15) is 5.10 Å². The number of methoxy groups -OCH3 is 1. The molecule has 0 radical (unpaired) electrons. The van der Waals surface area contributed by atoms with E-state index in [0.29, 0.717) is 17.0 Å². The zero-order chi connectivity index (χ0) is 14.0. The van der Waals surface area contributed by atoms with Crippen molar-refractivity contribution in [2.24, 2.45) is 7.05 Å². The molecule has 1 atom stereocenters. The van der Waals surface area contributed by atoms with Crippen molar-refractivity contribution in [1.82, 2.24) is 9.78 Å². The minimum absolute atomic E-state index is 0.146. The lowest BCUT2D eigenvalue weighted by atomic mass is 10.0. The minimum Gasteiger partial charge on any atom is -0.493 e. The van der Waals surface area contributed by atoms with Crippen molar-refractivity contribution in [3.05, 3.63) is 47.3 Å². The van der Waals surface area contributed by atoms with Gasteiger partial charge >= 0.3 is 0 Å². The summed E-state index contributed by atoms with van der Waals surface area (Å²) < 4.78 is 32.5. The molecule has 0 aliphatic heterocycles. The first-order valence-corrected chi connectivity index (χ1v) is 5.70. The molecule has 0 saturated heterocycles. The number of aromatic nitrogens is 2. The van der Waals surface area contributed by atoms with Gasteiger partial charge in [0.25, 0.3) is 0 Å². The number of ether oxygens (including phenoxy) is 1. The Hall–Kier alpha value is -1.95. The maximum absolute atomic E-state index is 13.1. The van der Waals surface area contributed by atoms with E-state index >= 15 is 0 Å². The lowest BCUT2D eigenvalue weighted by molar-refractivity contribution is 0.164. The highest BCUT2D eigenvalue weighted by molar-refractivity contribution is 5.29. The molecule has 1 aromatic heterocycles. The summed E-state index contributed by atoms with van der Waals surface area (Å²) in [7, 11) is 3.15. The van der Waals surface area contributed by atoms with Crippen LogP contribution < -0.4 is 4.74 Å². The molecule has 1 aromatic carbocycles. The predicted molar refractivity (Wildman–Crippen MR) is 64.8 cm³/mol. The highest BCUT2D eigenvalue weighted by Gasteiger charge is 2.19. The molecule has 2 rings (SSSR count). The zero-order valence-electron chi connectivity index (χ0n) is 10.6. The van der Waals surface area contributed by atoms with E-state index in [1.165, 1.54) is 24.1 Å². The number of rotatable bonds is 4. The van der Waals surface area contributed by atoms with Crippen LogP contribution in [0.15, 0.2) is 24.4 Å². The third kappa shape index (κ3) is 2.73. The van der Waals surface area contributed by atoms with Crippen LogP contribution in [0.1, 0.15) is 17.4 Å². The smallest absolute Gasteiger partial charge is 0.162 e. The van der Waals surface area contributed by atoms with Crippen molar-refractivity contribution in [2.75, 3.05) is 7.11 Å². The van der Waals surface area contributed by atoms with Gasteiger partial charge in [0, 0.05) is 13.5 Å². The van der Waals surface area contributed by atoms with E-state index in [-0.39, 0.29) is 6.42 Å². The molecule has 102 valence electrons. The molecule has 4 nitrogen and oxygen atoms in total. The largest absolute Gasteiger partial charge is 0.493 e. The summed E-state index contributed by atoms with van der Waals surface area (Å²) in [6, 6.07) is 3.55. The number of halogens is 2. The Morgan fingerprint density at radius 2 is 2.11 bits per heavy atom. The van der Waals surface area contributed by atoms with E-state index in [9.17, 15) is 13.9 Å². The number of aryl methyl sites for hydroxylation is 1. The molecular formula is C13H14F2N2O2. The Morgan fingerprint density at radius 1 is 1.37 bits per heavy atom. The van der Waals surface area contributed by atoms with E-state index in [1.807, 2.05) is 0 Å². The molecular weight excluding hydrogens is 254 g/mol. The van der Waals surface area contributed by atoms with Crippen molar-refractivity contribution >= 4 is 0 Å². The van der Waals surface area contributed by atoms with Gasteiger partial charge in [0.1, 0.15) is 11.8 Å². The molecule has 0 spiro atoms. The lowest BCUT2D eigenvalue weighted by Gasteiger charge is -2.13. The Balaban J connectivity index is 2.22. The number of aliphatic hydroxyl groups is 1. The van der Waals surface area contributed by atoms with E-state index in [0.717, 1.165) is 12.1 Å². The Labute approximate surface area is 109 Å². The number of hydrogen-bond donors (Lipinski definition) is 1. The Kier molecular flexibility index (Phi) is 3.80. The summed E-state index contributed by atoms with van der Waals surface area (Å²) in [5.74, 6) is -1.38. The van der Waals surface area contributed by atoms with Crippen molar-refractivity contribution in [2.45, 2.75) is 12.5 Å². The number of nitrogens with zero attached hydrogens (tertiary/aromatic N) is 2. The average Bonchev–Trinajstić information content (AvgIpc) is 2.75. The fraction of sp³-hybridized carbons (Fsp3) is 0.308. The second-order valence-electron chi connectivity index (χ2n) is 4.19. The summed E-state index contributed by atoms with van der Waals surface area (Å²) >= 11 is 0. The molecule has 0 aliphatic rings. The molecule has 1 N–H and O–H groups in total. The first-order valence-electron chi connectivity index (χ1n) is 5.70. The van der Waals surface area contributed by atoms with E-state index in [1.54, 1.807) is 7.05 Å². The van der Waals surface area contributed by atoms with Gasteiger partial charge in [0.2, 0.25) is 0 Å². The van der Waals surface area contributed by atoms with Crippen LogP contribution in [-0.4, -0.2) is 22.0 Å². The van der Waals surface area contributed by atoms with Crippen molar-refractivity contribution in [1.29, 1.82) is 0 Å². The molecule has 1 heterocycles. The summed E-state index contributed by atoms with van der Waals surface area (Å²) in [5, 5.41) is 14.1. The van der Waals surface area contributed by atoms with Crippen LogP contribution in [0.2, 0.25) is 0 Å². The van der Waals surface area contributed by atoms with Gasteiger partial charge in [-0.1, -0.05) is 6.07 Å². The van der Waals surface area contributed by atoms with Gasteiger partial charge < -0.3 is 9.84 Å². The molecule has 6 heteroatoms. The Bertz CT molecular complexity index is 584. The van der Waals surface area contributed by atoms with Gasteiger partial charge in [-0.05, 0) is 17.7 Å². The fourth-order valence-electron chi connectivity index (χ4n) is 1.95. The normalized spacial score (nSPS) is 12.5. The van der Waals surface area contributed by atoms with Gasteiger partial charge in [-0.25, -0.2) is 8.78 Å². The zero-order valence-corrected chi connectivity index (χ0v) is 10.6. The molecule has 0 saturated carbocycles. The molecule has 1 unspecified atom stereocenters. The quantitative estimate of drug-likeness (QED) is 0.922. The number of hydrogen-bond acceptors (Lipinski definition) is 3. The highest BCUT2D eigenvalue weighted by Crippen LogP contribution is 2.27. The van der Waals surface area contributed by atoms with Gasteiger partial charge in [0.05, 0.1) is 13.3 Å². The van der Waals surface area contributed by atoms with Crippen LogP contribution in [0.25, 0.3) is 0 Å². The standard InChI is InChI=1S/C13H14F2N2O2/c1-17-13(12(19-2)7-16-17)11(18)6-8-3-4-9(14)10(15)5-8/h3-5,7,11,18H,6H2,1-2H3. The van der Waals surface area contributed by atoms with Crippen LogP contribution in [0.4, 0.5) is 8.78 Å². The van der Waals surface area contributed by atoms with Crippen LogP contribution in [0.3, 0.4) is 0 Å². The number of aliphatic hydroxyl groups excluding tert-OH is 1. The van der Waals surface area contributed by atoms with Gasteiger partial charge in [-0.3, -0.25) is 4.68 Å². The van der Waals surface area contributed by atoms with Gasteiger partial charge in [-0.15, -0.1) is 0 Å². The van der Waals surface area contributed by atoms with Crippen LogP contribution >= 0.6 is 0 Å². The molecule has 0 aliphatic carbocycles. The molecule has 0 fully saturated rings. The Morgan fingerprint density at radius 3 is 2.74 bits per heavy atom. The first-order chi connectivity index (χ1) is 9.02. The lowest BCUT2D eigenvalue weighted by Crippen LogP contribution is -2.09. The summed E-state index contributed by atoms with van der Waals surface area (Å²) in [4.78, 5) is 0. The monoisotopic (exact) mass is 268 g/mol. The maximum atomic E-state index is 13.1. The van der Waals surface area contributed by atoms with E-state index in [2.05, 4.69) is 5.10 Å². The second-order valence-corrected chi connectivity index (χ2v) is 4.19. The van der Waals surface area contributed by atoms with Crippen molar-refractivity contribution in [3.8, 4) is 5.75 Å². The second kappa shape index (κ2) is 5.36. The molecule has 0 amide bonds. The van der Waals surface area contributed by atoms with E-state index < -0.39 is 17.7 Å². The van der Waals surface area contributed by atoms with Crippen molar-refractivity contribution < 1.29 is 18.6 Å². The van der Waals surface area contributed by atoms with Crippen molar-refractivity contribution in [3.63, 3.8) is 0 Å². The SMILES string of the molecule is COc1cnn(C)c1C(O)Cc1ccc(F)c(F)c1. The number of benzene rings is 1. The van der Waals surface area contributed by atoms with E-state index in [4.69, 9.17) is 4.74 Å². The predicted octanol–water partition coefficient (Wildman–Crippen LogP) is 1.98. The molecule has 0 bridgehead atoms.